The van der Waals surface area contributed by atoms with Crippen LogP contribution in [0, 0.1) is 0 Å². The van der Waals surface area contributed by atoms with E-state index in [0.29, 0.717) is 0 Å². The van der Waals surface area contributed by atoms with Crippen LogP contribution in [0.25, 0.3) is 0 Å². The highest BCUT2D eigenvalue weighted by atomic mass is 32.2. The van der Waals surface area contributed by atoms with Crippen LogP contribution >= 0.6 is 0 Å². The van der Waals surface area contributed by atoms with Crippen LogP contribution in [0.4, 0.5) is 11.6 Å². The minimum Gasteiger partial charge on any atom is -0.399 e. The van der Waals surface area contributed by atoms with Gasteiger partial charge in [0.2, 0.25) is 5.95 Å². The second-order valence-corrected chi connectivity index (χ2v) is 4.54. The molecule has 0 radical (unpaired) electrons. The summed E-state index contributed by atoms with van der Waals surface area (Å²) in [6.45, 7) is 0. The van der Waals surface area contributed by atoms with Crippen molar-refractivity contribution in [2.24, 2.45) is 0 Å². The molecule has 0 unspecified atom stereocenters. The largest absolute Gasteiger partial charge is 0.399 e. The molecule has 0 aliphatic rings. The molecule has 2 aromatic rings. The van der Waals surface area contributed by atoms with Crippen molar-refractivity contribution in [2.45, 2.75) is 4.90 Å². The van der Waals surface area contributed by atoms with Gasteiger partial charge < -0.3 is 5.73 Å². The molecule has 0 bridgehead atoms. The average molecular weight is 254 g/mol. The third-order valence-electron chi connectivity index (χ3n) is 1.68. The fourth-order valence-corrected chi connectivity index (χ4v) is 1.79. The summed E-state index contributed by atoms with van der Waals surface area (Å²) >= 11 is 0. The molecular formula is C10H10N4O2S. The van der Waals surface area contributed by atoms with E-state index in [2.05, 4.69) is 9.97 Å². The van der Waals surface area contributed by atoms with Gasteiger partial charge in [-0.25, -0.2) is 23.1 Å². The number of nitrogens with two attached hydrogens (primary N) is 1. The zero-order valence-electron chi connectivity index (χ0n) is 12.4. The average Bonchev–Trinajstić information content (AvgIpc) is 2.43. The van der Waals surface area contributed by atoms with E-state index in [-0.39, 0.29) is 5.95 Å². The van der Waals surface area contributed by atoms with E-state index in [4.69, 9.17) is 11.2 Å². The van der Waals surface area contributed by atoms with Gasteiger partial charge in [0.1, 0.15) is 0 Å². The van der Waals surface area contributed by atoms with Gasteiger partial charge in [0.05, 0.1) is 10.4 Å². The molecule has 0 fully saturated rings. The first-order chi connectivity index (χ1) is 9.75. The van der Waals surface area contributed by atoms with Crippen LogP contribution in [-0.4, -0.2) is 18.4 Å². The number of anilines is 2. The number of rotatable bonds is 3. The maximum absolute atomic E-state index is 12.2. The first-order valence-electron chi connectivity index (χ1n) is 6.41. The Balaban J connectivity index is 2.61. The zero-order chi connectivity index (χ0) is 15.8. The number of nitrogens with one attached hydrogen (secondary N) is 1. The summed E-state index contributed by atoms with van der Waals surface area (Å²) in [6.07, 6.45) is 2.62. The maximum atomic E-state index is 12.2. The number of nitrogens with zero attached hydrogens (tertiary/aromatic N) is 2. The first-order valence-corrected chi connectivity index (χ1v) is 5.89. The Bertz CT molecular complexity index is 769. The Morgan fingerprint density at radius 2 is 1.76 bits per heavy atom. The normalized spacial score (nSPS) is 14.4. The monoisotopic (exact) mass is 254 g/mol. The van der Waals surface area contributed by atoms with Crippen molar-refractivity contribution < 1.29 is 13.9 Å². The van der Waals surface area contributed by atoms with Crippen molar-refractivity contribution in [3.8, 4) is 0 Å². The zero-order valence-corrected chi connectivity index (χ0v) is 9.25. The number of benzene rings is 1. The van der Waals surface area contributed by atoms with Gasteiger partial charge in [-0.3, -0.25) is 0 Å². The Morgan fingerprint density at radius 3 is 2.35 bits per heavy atom. The van der Waals surface area contributed by atoms with Crippen molar-refractivity contribution in [3.05, 3.63) is 42.6 Å². The minimum absolute atomic E-state index is 0.244. The van der Waals surface area contributed by atoms with E-state index in [0.717, 1.165) is 0 Å². The van der Waals surface area contributed by atoms with E-state index < -0.39 is 44.8 Å². The molecule has 0 saturated heterocycles. The molecule has 88 valence electrons. The van der Waals surface area contributed by atoms with Crippen LogP contribution < -0.4 is 10.5 Å². The molecule has 7 heteroatoms. The van der Waals surface area contributed by atoms with Gasteiger partial charge in [0, 0.05) is 18.1 Å². The smallest absolute Gasteiger partial charge is 0.264 e. The summed E-state index contributed by atoms with van der Waals surface area (Å²) in [5.74, 6) is -0.244. The van der Waals surface area contributed by atoms with E-state index in [1.165, 1.54) is 18.5 Å². The molecule has 6 nitrogen and oxygen atoms in total. The lowest BCUT2D eigenvalue weighted by atomic mass is 10.3. The molecule has 0 aliphatic carbocycles. The molecule has 2 rings (SSSR count). The van der Waals surface area contributed by atoms with Gasteiger partial charge in [-0.15, -0.1) is 0 Å². The highest BCUT2D eigenvalue weighted by Crippen LogP contribution is 2.14. The number of hydrogen-bond donors (Lipinski definition) is 2. The number of aromatic nitrogens is 2. The highest BCUT2D eigenvalue weighted by Gasteiger charge is 2.14. The van der Waals surface area contributed by atoms with Crippen LogP contribution in [0.15, 0.2) is 47.5 Å². The van der Waals surface area contributed by atoms with Gasteiger partial charge in [-0.1, -0.05) is 0 Å². The van der Waals surface area contributed by atoms with E-state index >= 15 is 0 Å². The first kappa shape index (κ1) is 7.23. The number of nitrogen functional groups attached to an aromatic ring is 1. The van der Waals surface area contributed by atoms with E-state index in [9.17, 15) is 8.42 Å². The SMILES string of the molecule is [2H]c1c([2H])c(S(=O)(=O)Nc2ncccn2)c([2H])c([2H])c1N. The fraction of sp³-hybridized carbons (Fsp3) is 0. The van der Waals surface area contributed by atoms with Gasteiger partial charge >= 0.3 is 0 Å². The summed E-state index contributed by atoms with van der Waals surface area (Å²) in [4.78, 5) is 6.53. The summed E-state index contributed by atoms with van der Waals surface area (Å²) < 4.78 is 56.8. The van der Waals surface area contributed by atoms with E-state index in [1.54, 1.807) is 0 Å². The number of sulfonamides is 1. The van der Waals surface area contributed by atoms with Gasteiger partial charge in [-0.05, 0) is 30.2 Å². The lowest BCUT2D eigenvalue weighted by molar-refractivity contribution is 0.601. The molecule has 1 heterocycles. The van der Waals surface area contributed by atoms with Crippen molar-refractivity contribution in [1.29, 1.82) is 0 Å². The predicted molar refractivity (Wildman–Crippen MR) is 63.7 cm³/mol. The Morgan fingerprint density at radius 1 is 1.18 bits per heavy atom. The van der Waals surface area contributed by atoms with Crippen LogP contribution in [0.2, 0.25) is 0 Å². The molecule has 17 heavy (non-hydrogen) atoms. The van der Waals surface area contributed by atoms with Gasteiger partial charge in [0.25, 0.3) is 10.0 Å². The highest BCUT2D eigenvalue weighted by molar-refractivity contribution is 7.92. The molecule has 0 amide bonds. The molecule has 0 spiro atoms. The second kappa shape index (κ2) is 4.38. The summed E-state index contributed by atoms with van der Waals surface area (Å²) in [5, 5.41) is 0. The van der Waals surface area contributed by atoms with Crippen LogP contribution in [0.1, 0.15) is 5.48 Å². The minimum atomic E-state index is -4.38. The Kier molecular flexibility index (Phi) is 1.86. The second-order valence-electron chi connectivity index (χ2n) is 2.92. The molecule has 1 aromatic carbocycles. The van der Waals surface area contributed by atoms with Crippen LogP contribution in [0.5, 0.6) is 0 Å². The van der Waals surface area contributed by atoms with Crippen molar-refractivity contribution in [1.82, 2.24) is 9.97 Å². The lowest BCUT2D eigenvalue weighted by Crippen LogP contribution is -2.14. The summed E-state index contributed by atoms with van der Waals surface area (Å²) in [6, 6.07) is -1.26. The topological polar surface area (TPSA) is 98.0 Å². The number of hydrogen-bond acceptors (Lipinski definition) is 5. The quantitative estimate of drug-likeness (QED) is 0.791. The third-order valence-corrected chi connectivity index (χ3v) is 2.87. The molecule has 0 aliphatic heterocycles. The fourth-order valence-electron chi connectivity index (χ4n) is 0.968. The van der Waals surface area contributed by atoms with Crippen molar-refractivity contribution in [2.75, 3.05) is 10.5 Å². The lowest BCUT2D eigenvalue weighted by Gasteiger charge is -2.05. The van der Waals surface area contributed by atoms with Crippen molar-refractivity contribution in [3.63, 3.8) is 0 Å². The standard InChI is InChI=1S/C10H10N4O2S/c11-8-2-4-9(5-3-8)17(15,16)14-10-12-6-1-7-13-10/h1-7H,11H2,(H,12,13,14)/i2D,3D,4D,5D. The molecule has 3 N–H and O–H groups in total. The van der Waals surface area contributed by atoms with Gasteiger partial charge in [0.15, 0.2) is 0 Å². The van der Waals surface area contributed by atoms with E-state index in [1.807, 2.05) is 4.72 Å². The van der Waals surface area contributed by atoms with Crippen LogP contribution in [0.3, 0.4) is 0 Å². The maximum Gasteiger partial charge on any atom is 0.264 e. The Labute approximate surface area is 104 Å². The molecular weight excluding hydrogens is 240 g/mol. The van der Waals surface area contributed by atoms with Crippen LogP contribution in [-0.2, 0) is 10.0 Å². The summed E-state index contributed by atoms with van der Waals surface area (Å²) in [5.41, 5.74) is 4.98. The Hall–Kier alpha value is -2.15. The third kappa shape index (κ3) is 2.70. The molecule has 0 saturated carbocycles. The molecule has 0 atom stereocenters. The molecule has 1 aromatic heterocycles. The van der Waals surface area contributed by atoms with Gasteiger partial charge in [-0.2, -0.15) is 0 Å². The summed E-state index contributed by atoms with van der Waals surface area (Å²) in [7, 11) is -4.38. The van der Waals surface area contributed by atoms with Crippen molar-refractivity contribution >= 4 is 21.7 Å². The predicted octanol–water partition coefficient (Wildman–Crippen LogP) is 0.860.